The third kappa shape index (κ3) is 2.13. The quantitative estimate of drug-likeness (QED) is 0.833. The molecular weight excluding hydrogens is 226 g/mol. The number of pyridine rings is 2. The fraction of sp³-hybridized carbons (Fsp3) is 0.0909. The van der Waals surface area contributed by atoms with Gasteiger partial charge >= 0.3 is 0 Å². The number of aliphatic hydroxyl groups is 1. The SMILES string of the molecule is Nc1ncccc1C(O)c1ccc(Cl)cn1. The Balaban J connectivity index is 2.35. The Kier molecular flexibility index (Phi) is 3.03. The van der Waals surface area contributed by atoms with Gasteiger partial charge in [-0.15, -0.1) is 0 Å². The number of halogens is 1. The van der Waals surface area contributed by atoms with Gasteiger partial charge in [0.05, 0.1) is 10.7 Å². The fourth-order valence-corrected chi connectivity index (χ4v) is 1.48. The minimum Gasteiger partial charge on any atom is -0.383 e. The van der Waals surface area contributed by atoms with Crippen LogP contribution in [0.3, 0.4) is 0 Å². The molecule has 4 nitrogen and oxygen atoms in total. The van der Waals surface area contributed by atoms with Gasteiger partial charge in [0, 0.05) is 18.0 Å². The van der Waals surface area contributed by atoms with Crippen LogP contribution in [0.2, 0.25) is 5.02 Å². The lowest BCUT2D eigenvalue weighted by Gasteiger charge is -2.11. The number of hydrogen-bond donors (Lipinski definition) is 2. The van der Waals surface area contributed by atoms with Gasteiger partial charge in [-0.1, -0.05) is 17.7 Å². The second-order valence-electron chi connectivity index (χ2n) is 3.28. The van der Waals surface area contributed by atoms with Gasteiger partial charge in [-0.05, 0) is 18.2 Å². The van der Waals surface area contributed by atoms with Gasteiger partial charge in [-0.25, -0.2) is 4.98 Å². The Morgan fingerprint density at radius 2 is 2.06 bits per heavy atom. The Hall–Kier alpha value is -1.65. The molecule has 0 fully saturated rings. The Morgan fingerprint density at radius 1 is 1.25 bits per heavy atom. The van der Waals surface area contributed by atoms with Gasteiger partial charge in [0.1, 0.15) is 11.9 Å². The van der Waals surface area contributed by atoms with Crippen molar-refractivity contribution in [3.63, 3.8) is 0 Å². The van der Waals surface area contributed by atoms with E-state index in [2.05, 4.69) is 9.97 Å². The van der Waals surface area contributed by atoms with Crippen molar-refractivity contribution < 1.29 is 5.11 Å². The smallest absolute Gasteiger partial charge is 0.129 e. The first-order valence-corrected chi connectivity index (χ1v) is 5.06. The Morgan fingerprint density at radius 3 is 2.69 bits per heavy atom. The maximum Gasteiger partial charge on any atom is 0.129 e. The topological polar surface area (TPSA) is 72.0 Å². The molecular formula is C11H10ClN3O. The summed E-state index contributed by atoms with van der Waals surface area (Å²) in [7, 11) is 0. The second kappa shape index (κ2) is 4.47. The molecule has 0 saturated heterocycles. The van der Waals surface area contributed by atoms with Crippen molar-refractivity contribution >= 4 is 17.4 Å². The first-order valence-electron chi connectivity index (χ1n) is 4.68. The Bertz CT molecular complexity index is 487. The molecule has 0 aliphatic rings. The summed E-state index contributed by atoms with van der Waals surface area (Å²) >= 11 is 5.71. The van der Waals surface area contributed by atoms with Crippen LogP contribution in [-0.4, -0.2) is 15.1 Å². The molecule has 0 aliphatic carbocycles. The summed E-state index contributed by atoms with van der Waals surface area (Å²) < 4.78 is 0. The molecule has 0 amide bonds. The number of rotatable bonds is 2. The van der Waals surface area contributed by atoms with Crippen LogP contribution in [0.4, 0.5) is 5.82 Å². The molecule has 0 spiro atoms. The highest BCUT2D eigenvalue weighted by molar-refractivity contribution is 6.30. The highest BCUT2D eigenvalue weighted by Crippen LogP contribution is 2.24. The minimum atomic E-state index is -0.883. The van der Waals surface area contributed by atoms with E-state index >= 15 is 0 Å². The number of nitrogen functional groups attached to an aromatic ring is 1. The van der Waals surface area contributed by atoms with Crippen molar-refractivity contribution in [1.29, 1.82) is 0 Å². The summed E-state index contributed by atoms with van der Waals surface area (Å²) in [6.45, 7) is 0. The molecule has 2 rings (SSSR count). The average Bonchev–Trinajstić information content (AvgIpc) is 2.30. The number of aliphatic hydroxyl groups excluding tert-OH is 1. The zero-order chi connectivity index (χ0) is 11.5. The van der Waals surface area contributed by atoms with E-state index in [1.807, 2.05) is 0 Å². The van der Waals surface area contributed by atoms with Crippen LogP contribution in [-0.2, 0) is 0 Å². The molecule has 16 heavy (non-hydrogen) atoms. The first-order chi connectivity index (χ1) is 7.68. The predicted molar refractivity (Wildman–Crippen MR) is 62.0 cm³/mol. The lowest BCUT2D eigenvalue weighted by Crippen LogP contribution is -2.06. The van der Waals surface area contributed by atoms with Gasteiger partial charge in [0.25, 0.3) is 0 Å². The van der Waals surface area contributed by atoms with Crippen molar-refractivity contribution in [2.45, 2.75) is 6.10 Å². The average molecular weight is 236 g/mol. The van der Waals surface area contributed by atoms with E-state index in [4.69, 9.17) is 17.3 Å². The molecule has 0 saturated carbocycles. The van der Waals surface area contributed by atoms with Gasteiger partial charge in [0.15, 0.2) is 0 Å². The van der Waals surface area contributed by atoms with E-state index in [0.717, 1.165) is 0 Å². The molecule has 2 aromatic rings. The number of nitrogens with zero attached hydrogens (tertiary/aromatic N) is 2. The number of nitrogens with two attached hydrogens (primary N) is 1. The summed E-state index contributed by atoms with van der Waals surface area (Å²) in [6.07, 6.45) is 2.17. The zero-order valence-corrected chi connectivity index (χ0v) is 9.09. The fourth-order valence-electron chi connectivity index (χ4n) is 1.37. The normalized spacial score (nSPS) is 12.4. The van der Waals surface area contributed by atoms with Crippen LogP contribution in [0.1, 0.15) is 17.4 Å². The molecule has 0 aromatic carbocycles. The number of aromatic nitrogens is 2. The number of hydrogen-bond acceptors (Lipinski definition) is 4. The molecule has 1 atom stereocenters. The van der Waals surface area contributed by atoms with Crippen molar-refractivity contribution in [1.82, 2.24) is 9.97 Å². The van der Waals surface area contributed by atoms with E-state index in [0.29, 0.717) is 22.1 Å². The van der Waals surface area contributed by atoms with E-state index in [9.17, 15) is 5.11 Å². The molecule has 0 bridgehead atoms. The molecule has 0 aliphatic heterocycles. The number of anilines is 1. The summed E-state index contributed by atoms with van der Waals surface area (Å²) in [4.78, 5) is 7.94. The molecule has 2 heterocycles. The highest BCUT2D eigenvalue weighted by atomic mass is 35.5. The van der Waals surface area contributed by atoms with Crippen LogP contribution >= 0.6 is 11.6 Å². The predicted octanol–water partition coefficient (Wildman–Crippen LogP) is 1.79. The molecule has 0 radical (unpaired) electrons. The zero-order valence-electron chi connectivity index (χ0n) is 8.34. The third-order valence-electron chi connectivity index (χ3n) is 2.20. The van der Waals surface area contributed by atoms with Crippen molar-refractivity contribution in [3.8, 4) is 0 Å². The largest absolute Gasteiger partial charge is 0.383 e. The van der Waals surface area contributed by atoms with Gasteiger partial charge in [0.2, 0.25) is 0 Å². The summed E-state index contributed by atoms with van der Waals surface area (Å²) in [6, 6.07) is 6.74. The molecule has 1 unspecified atom stereocenters. The van der Waals surface area contributed by atoms with E-state index in [1.54, 1.807) is 30.5 Å². The second-order valence-corrected chi connectivity index (χ2v) is 3.72. The van der Waals surface area contributed by atoms with E-state index in [-0.39, 0.29) is 0 Å². The van der Waals surface area contributed by atoms with Crippen molar-refractivity contribution in [2.75, 3.05) is 5.73 Å². The van der Waals surface area contributed by atoms with Crippen LogP contribution in [0.25, 0.3) is 0 Å². The van der Waals surface area contributed by atoms with Gasteiger partial charge in [-0.2, -0.15) is 0 Å². The van der Waals surface area contributed by atoms with Crippen molar-refractivity contribution in [3.05, 3.63) is 52.9 Å². The minimum absolute atomic E-state index is 0.298. The maximum atomic E-state index is 10.0. The van der Waals surface area contributed by atoms with Gasteiger partial charge < -0.3 is 10.8 Å². The summed E-state index contributed by atoms with van der Waals surface area (Å²) in [5, 5.41) is 10.6. The third-order valence-corrected chi connectivity index (χ3v) is 2.42. The lowest BCUT2D eigenvalue weighted by atomic mass is 10.1. The maximum absolute atomic E-state index is 10.0. The summed E-state index contributed by atoms with van der Waals surface area (Å²) in [5.74, 6) is 0.298. The van der Waals surface area contributed by atoms with Crippen molar-refractivity contribution in [2.24, 2.45) is 0 Å². The Labute approximate surface area is 97.7 Å². The highest BCUT2D eigenvalue weighted by Gasteiger charge is 2.14. The lowest BCUT2D eigenvalue weighted by molar-refractivity contribution is 0.216. The molecule has 2 aromatic heterocycles. The molecule has 82 valence electrons. The summed E-state index contributed by atoms with van der Waals surface area (Å²) in [5.41, 5.74) is 6.69. The van der Waals surface area contributed by atoms with E-state index in [1.165, 1.54) is 6.20 Å². The molecule has 3 N–H and O–H groups in total. The van der Waals surface area contributed by atoms with Crippen LogP contribution in [0.15, 0.2) is 36.7 Å². The van der Waals surface area contributed by atoms with Crippen LogP contribution in [0.5, 0.6) is 0 Å². The first kappa shape index (κ1) is 10.9. The standard InChI is InChI=1S/C11H10ClN3O/c12-7-3-4-9(15-6-7)10(16)8-2-1-5-14-11(8)13/h1-6,10,16H,(H2,13,14). The van der Waals surface area contributed by atoms with Crippen LogP contribution < -0.4 is 5.73 Å². The van der Waals surface area contributed by atoms with Gasteiger partial charge in [-0.3, -0.25) is 4.98 Å². The monoisotopic (exact) mass is 235 g/mol. The molecule has 5 heteroatoms. The van der Waals surface area contributed by atoms with E-state index < -0.39 is 6.10 Å². The van der Waals surface area contributed by atoms with Crippen LogP contribution in [0, 0.1) is 0 Å².